The minimum atomic E-state index is -0.312. The van der Waals surface area contributed by atoms with E-state index >= 15 is 0 Å². The lowest BCUT2D eigenvalue weighted by atomic mass is 10.1. The fourth-order valence-electron chi connectivity index (χ4n) is 2.46. The smallest absolute Gasteiger partial charge is 0.223 e. The Balaban J connectivity index is 1.35. The Labute approximate surface area is 151 Å². The van der Waals surface area contributed by atoms with Crippen molar-refractivity contribution in [2.24, 2.45) is 0 Å². The molecule has 1 aromatic heterocycles. The van der Waals surface area contributed by atoms with Crippen LogP contribution in [-0.4, -0.2) is 28.8 Å². The van der Waals surface area contributed by atoms with E-state index in [0.29, 0.717) is 12.3 Å². The molecular weight excluding hydrogens is 333 g/mol. The van der Waals surface area contributed by atoms with Gasteiger partial charge in [0.1, 0.15) is 11.6 Å². The van der Waals surface area contributed by atoms with Crippen molar-refractivity contribution in [3.63, 3.8) is 0 Å². The standard InChI is InChI=1S/C20H20FN3O2/c21-17-4-8-19(9-5-17)26-15-11-20(25)22-13-10-16-2-6-18(7-3-16)24-14-1-12-23-24/h1-9,12,14H,10-11,13,15H2,(H,22,25). The Kier molecular flexibility index (Phi) is 5.98. The molecule has 0 fully saturated rings. The molecule has 0 radical (unpaired) electrons. The van der Waals surface area contributed by atoms with Crippen LogP contribution in [0.2, 0.25) is 0 Å². The first kappa shape index (κ1) is 17.7. The van der Waals surface area contributed by atoms with Crippen LogP contribution in [0.4, 0.5) is 4.39 Å². The predicted octanol–water partition coefficient (Wildman–Crippen LogP) is 3.14. The molecule has 0 aliphatic rings. The first-order chi connectivity index (χ1) is 12.7. The Morgan fingerprint density at radius 1 is 1.12 bits per heavy atom. The van der Waals surface area contributed by atoms with E-state index in [1.165, 1.54) is 12.1 Å². The lowest BCUT2D eigenvalue weighted by Gasteiger charge is -2.08. The van der Waals surface area contributed by atoms with E-state index in [-0.39, 0.29) is 24.8 Å². The van der Waals surface area contributed by atoms with Crippen LogP contribution in [0.25, 0.3) is 5.69 Å². The lowest BCUT2D eigenvalue weighted by molar-refractivity contribution is -0.121. The molecule has 0 bridgehead atoms. The predicted molar refractivity (Wildman–Crippen MR) is 96.8 cm³/mol. The van der Waals surface area contributed by atoms with Gasteiger partial charge in [-0.2, -0.15) is 5.10 Å². The molecule has 0 saturated carbocycles. The second-order valence-corrected chi connectivity index (χ2v) is 5.77. The van der Waals surface area contributed by atoms with Gasteiger partial charge in [0.2, 0.25) is 5.91 Å². The van der Waals surface area contributed by atoms with E-state index in [2.05, 4.69) is 10.4 Å². The van der Waals surface area contributed by atoms with Crippen molar-refractivity contribution in [2.75, 3.05) is 13.2 Å². The minimum absolute atomic E-state index is 0.0692. The maximum atomic E-state index is 12.8. The fourth-order valence-corrected chi connectivity index (χ4v) is 2.46. The van der Waals surface area contributed by atoms with Crippen LogP contribution in [0.5, 0.6) is 5.75 Å². The van der Waals surface area contributed by atoms with Gasteiger partial charge in [-0.3, -0.25) is 4.79 Å². The molecule has 0 aliphatic heterocycles. The summed E-state index contributed by atoms with van der Waals surface area (Å²) in [5.74, 6) is 0.171. The maximum absolute atomic E-state index is 12.8. The summed E-state index contributed by atoms with van der Waals surface area (Å²) in [6, 6.07) is 15.7. The molecule has 3 aromatic rings. The fraction of sp³-hybridized carbons (Fsp3) is 0.200. The first-order valence-corrected chi connectivity index (χ1v) is 8.45. The van der Waals surface area contributed by atoms with Gasteiger partial charge in [-0.15, -0.1) is 0 Å². The number of carbonyl (C=O) groups excluding carboxylic acids is 1. The van der Waals surface area contributed by atoms with Gasteiger partial charge in [0.25, 0.3) is 0 Å². The van der Waals surface area contributed by atoms with Gasteiger partial charge in [0.15, 0.2) is 0 Å². The normalized spacial score (nSPS) is 10.5. The Morgan fingerprint density at radius 3 is 2.58 bits per heavy atom. The number of ether oxygens (including phenoxy) is 1. The molecule has 3 rings (SSSR count). The zero-order valence-corrected chi connectivity index (χ0v) is 14.3. The van der Waals surface area contributed by atoms with Crippen LogP contribution in [0.15, 0.2) is 67.0 Å². The highest BCUT2D eigenvalue weighted by Gasteiger charge is 2.03. The van der Waals surface area contributed by atoms with Crippen LogP contribution in [-0.2, 0) is 11.2 Å². The summed E-state index contributed by atoms with van der Waals surface area (Å²) in [7, 11) is 0. The maximum Gasteiger partial charge on any atom is 0.223 e. The number of nitrogens with one attached hydrogen (secondary N) is 1. The van der Waals surface area contributed by atoms with Crippen LogP contribution in [0.3, 0.4) is 0 Å². The monoisotopic (exact) mass is 353 g/mol. The summed E-state index contributed by atoms with van der Waals surface area (Å²) < 4.78 is 20.0. The third kappa shape index (κ3) is 5.17. The Morgan fingerprint density at radius 2 is 1.88 bits per heavy atom. The SMILES string of the molecule is O=C(CCOc1ccc(F)cc1)NCCc1ccc(-n2cccn2)cc1. The minimum Gasteiger partial charge on any atom is -0.493 e. The third-order valence-electron chi connectivity index (χ3n) is 3.85. The molecular formula is C20H20FN3O2. The van der Waals surface area contributed by atoms with E-state index in [1.807, 2.05) is 36.5 Å². The summed E-state index contributed by atoms with van der Waals surface area (Å²) in [6.45, 7) is 0.826. The van der Waals surface area contributed by atoms with Crippen molar-refractivity contribution in [2.45, 2.75) is 12.8 Å². The quantitative estimate of drug-likeness (QED) is 0.677. The molecule has 5 nitrogen and oxygen atoms in total. The van der Waals surface area contributed by atoms with Crippen molar-refractivity contribution >= 4 is 5.91 Å². The number of aromatic nitrogens is 2. The van der Waals surface area contributed by atoms with Crippen molar-refractivity contribution in [1.29, 1.82) is 0 Å². The number of amides is 1. The largest absolute Gasteiger partial charge is 0.493 e. The molecule has 0 spiro atoms. The molecule has 134 valence electrons. The van der Waals surface area contributed by atoms with Crippen molar-refractivity contribution in [3.8, 4) is 11.4 Å². The van der Waals surface area contributed by atoms with Crippen LogP contribution >= 0.6 is 0 Å². The average Bonchev–Trinajstić information content (AvgIpc) is 3.19. The number of halogens is 1. The van der Waals surface area contributed by atoms with Gasteiger partial charge in [0, 0.05) is 18.9 Å². The third-order valence-corrected chi connectivity index (χ3v) is 3.85. The highest BCUT2D eigenvalue weighted by atomic mass is 19.1. The molecule has 1 N–H and O–H groups in total. The van der Waals surface area contributed by atoms with E-state index in [9.17, 15) is 9.18 Å². The summed E-state index contributed by atoms with van der Waals surface area (Å²) in [4.78, 5) is 11.8. The Bertz CT molecular complexity index is 815. The zero-order chi connectivity index (χ0) is 18.2. The van der Waals surface area contributed by atoms with Crippen LogP contribution in [0.1, 0.15) is 12.0 Å². The molecule has 0 saturated heterocycles. The van der Waals surface area contributed by atoms with E-state index < -0.39 is 0 Å². The lowest BCUT2D eigenvalue weighted by Crippen LogP contribution is -2.27. The van der Waals surface area contributed by atoms with Crippen molar-refractivity contribution in [1.82, 2.24) is 15.1 Å². The van der Waals surface area contributed by atoms with Crippen molar-refractivity contribution < 1.29 is 13.9 Å². The highest BCUT2D eigenvalue weighted by molar-refractivity contribution is 5.75. The topological polar surface area (TPSA) is 56.1 Å². The molecule has 2 aromatic carbocycles. The number of nitrogens with zero attached hydrogens (tertiary/aromatic N) is 2. The van der Waals surface area contributed by atoms with Gasteiger partial charge in [-0.1, -0.05) is 12.1 Å². The summed E-state index contributed by atoms with van der Waals surface area (Å²) in [6.07, 6.45) is 4.64. The number of carbonyl (C=O) groups is 1. The molecule has 0 unspecified atom stereocenters. The van der Waals surface area contributed by atoms with Gasteiger partial charge >= 0.3 is 0 Å². The molecule has 6 heteroatoms. The number of hydrogen-bond donors (Lipinski definition) is 1. The summed E-state index contributed by atoms with van der Waals surface area (Å²) >= 11 is 0. The average molecular weight is 353 g/mol. The van der Waals surface area contributed by atoms with Crippen molar-refractivity contribution in [3.05, 3.63) is 78.4 Å². The second kappa shape index (κ2) is 8.80. The van der Waals surface area contributed by atoms with E-state index in [4.69, 9.17) is 4.74 Å². The van der Waals surface area contributed by atoms with E-state index in [1.54, 1.807) is 23.0 Å². The first-order valence-electron chi connectivity index (χ1n) is 8.45. The van der Waals surface area contributed by atoms with Gasteiger partial charge in [-0.25, -0.2) is 9.07 Å². The summed E-state index contributed by atoms with van der Waals surface area (Å²) in [5, 5.41) is 7.06. The van der Waals surface area contributed by atoms with Crippen LogP contribution < -0.4 is 10.1 Å². The zero-order valence-electron chi connectivity index (χ0n) is 14.3. The molecule has 1 amide bonds. The number of hydrogen-bond acceptors (Lipinski definition) is 3. The summed E-state index contributed by atoms with van der Waals surface area (Å²) in [5.41, 5.74) is 2.14. The highest BCUT2D eigenvalue weighted by Crippen LogP contribution is 2.11. The van der Waals surface area contributed by atoms with Gasteiger partial charge in [-0.05, 0) is 54.4 Å². The number of benzene rings is 2. The van der Waals surface area contributed by atoms with Gasteiger partial charge < -0.3 is 10.1 Å². The van der Waals surface area contributed by atoms with E-state index in [0.717, 1.165) is 17.7 Å². The molecule has 0 atom stereocenters. The molecule has 26 heavy (non-hydrogen) atoms. The second-order valence-electron chi connectivity index (χ2n) is 5.77. The van der Waals surface area contributed by atoms with Crippen LogP contribution in [0, 0.1) is 5.82 Å². The Hall–Kier alpha value is -3.15. The van der Waals surface area contributed by atoms with Gasteiger partial charge in [0.05, 0.1) is 18.7 Å². The molecule has 0 aliphatic carbocycles. The number of rotatable bonds is 8. The molecule has 1 heterocycles.